The Balaban J connectivity index is 1.82. The van der Waals surface area contributed by atoms with E-state index in [-0.39, 0.29) is 5.78 Å². The van der Waals surface area contributed by atoms with Gasteiger partial charge in [0.2, 0.25) is 0 Å². The van der Waals surface area contributed by atoms with Crippen molar-refractivity contribution >= 4 is 11.5 Å². The Morgan fingerprint density at radius 3 is 2.62 bits per heavy atom. The summed E-state index contributed by atoms with van der Waals surface area (Å²) in [7, 11) is 0. The first-order chi connectivity index (χ1) is 11.6. The van der Waals surface area contributed by atoms with Crippen molar-refractivity contribution in [2.75, 3.05) is 11.4 Å². The first-order valence-corrected chi connectivity index (χ1v) is 8.46. The molecule has 1 aliphatic heterocycles. The lowest BCUT2D eigenvalue weighted by Crippen LogP contribution is -2.28. The Kier molecular flexibility index (Phi) is 4.66. The summed E-state index contributed by atoms with van der Waals surface area (Å²) in [5, 5.41) is 8.96. The number of nitrogens with zero attached hydrogens (tertiary/aromatic N) is 2. The van der Waals surface area contributed by atoms with Gasteiger partial charge in [-0.05, 0) is 56.5 Å². The fourth-order valence-corrected chi connectivity index (χ4v) is 3.52. The minimum Gasteiger partial charge on any atom is -0.368 e. The number of ketones is 1. The third-order valence-electron chi connectivity index (χ3n) is 4.79. The first kappa shape index (κ1) is 16.3. The number of hydrogen-bond donors (Lipinski definition) is 0. The molecule has 0 spiro atoms. The van der Waals surface area contributed by atoms with E-state index in [2.05, 4.69) is 11.0 Å². The molecule has 1 fully saturated rings. The van der Waals surface area contributed by atoms with Gasteiger partial charge in [-0.3, -0.25) is 4.79 Å². The molecule has 0 aromatic heterocycles. The highest BCUT2D eigenvalue weighted by Crippen LogP contribution is 2.28. The zero-order chi connectivity index (χ0) is 17.1. The van der Waals surface area contributed by atoms with Crippen LogP contribution in [0.2, 0.25) is 0 Å². The van der Waals surface area contributed by atoms with Crippen molar-refractivity contribution in [3.05, 3.63) is 64.7 Å². The molecule has 0 amide bonds. The molecule has 0 radical (unpaired) electrons. The molecule has 24 heavy (non-hydrogen) atoms. The number of hydrogen-bond acceptors (Lipinski definition) is 3. The van der Waals surface area contributed by atoms with Gasteiger partial charge in [0.25, 0.3) is 0 Å². The van der Waals surface area contributed by atoms with Gasteiger partial charge in [-0.25, -0.2) is 0 Å². The van der Waals surface area contributed by atoms with Crippen molar-refractivity contribution in [3.63, 3.8) is 0 Å². The van der Waals surface area contributed by atoms with E-state index in [1.54, 1.807) is 0 Å². The summed E-state index contributed by atoms with van der Waals surface area (Å²) in [6.45, 7) is 4.99. The number of rotatable bonds is 4. The van der Waals surface area contributed by atoms with E-state index < -0.39 is 0 Å². The lowest BCUT2D eigenvalue weighted by molar-refractivity contribution is 0.103. The van der Waals surface area contributed by atoms with Crippen LogP contribution < -0.4 is 4.90 Å². The predicted octanol–water partition coefficient (Wildman–Crippen LogP) is 4.42. The Morgan fingerprint density at radius 1 is 1.21 bits per heavy atom. The second kappa shape index (κ2) is 6.88. The normalized spacial score (nSPS) is 16.9. The molecule has 1 saturated heterocycles. The van der Waals surface area contributed by atoms with Gasteiger partial charge in [0.1, 0.15) is 0 Å². The zero-order valence-electron chi connectivity index (χ0n) is 14.2. The van der Waals surface area contributed by atoms with Crippen LogP contribution in [0.3, 0.4) is 0 Å². The van der Waals surface area contributed by atoms with Crippen LogP contribution in [-0.4, -0.2) is 18.4 Å². The van der Waals surface area contributed by atoms with E-state index >= 15 is 0 Å². The summed E-state index contributed by atoms with van der Waals surface area (Å²) in [4.78, 5) is 15.0. The molecule has 3 rings (SSSR count). The molecule has 3 heteroatoms. The van der Waals surface area contributed by atoms with Crippen molar-refractivity contribution in [1.82, 2.24) is 0 Å². The van der Waals surface area contributed by atoms with Crippen LogP contribution >= 0.6 is 0 Å². The Morgan fingerprint density at radius 2 is 1.96 bits per heavy atom. The van der Waals surface area contributed by atoms with Gasteiger partial charge in [0.15, 0.2) is 5.78 Å². The van der Waals surface area contributed by atoms with Crippen molar-refractivity contribution in [3.8, 4) is 6.07 Å². The van der Waals surface area contributed by atoms with Crippen LogP contribution in [0.1, 0.15) is 46.3 Å². The van der Waals surface area contributed by atoms with Gasteiger partial charge in [-0.1, -0.05) is 23.8 Å². The average molecular weight is 318 g/mol. The molecule has 2 aromatic carbocycles. The lowest BCUT2D eigenvalue weighted by atomic mass is 9.97. The maximum Gasteiger partial charge on any atom is 0.193 e. The minimum absolute atomic E-state index is 0.0639. The summed E-state index contributed by atoms with van der Waals surface area (Å²) in [6, 6.07) is 16.3. The fourth-order valence-electron chi connectivity index (χ4n) is 3.52. The van der Waals surface area contributed by atoms with Crippen LogP contribution in [0.5, 0.6) is 0 Å². The smallest absolute Gasteiger partial charge is 0.193 e. The molecule has 0 aliphatic carbocycles. The fraction of sp³-hybridized carbons (Fsp3) is 0.333. The molecule has 0 bridgehead atoms. The summed E-state index contributed by atoms with van der Waals surface area (Å²) in [5.74, 6) is 0.0639. The van der Waals surface area contributed by atoms with Crippen LogP contribution in [0.25, 0.3) is 0 Å². The highest BCUT2D eigenvalue weighted by Gasteiger charge is 2.24. The summed E-state index contributed by atoms with van der Waals surface area (Å²) < 4.78 is 0. The van der Waals surface area contributed by atoms with E-state index in [4.69, 9.17) is 5.26 Å². The van der Waals surface area contributed by atoms with Crippen LogP contribution in [0.15, 0.2) is 42.5 Å². The summed E-state index contributed by atoms with van der Waals surface area (Å²) in [6.07, 6.45) is 2.75. The highest BCUT2D eigenvalue weighted by atomic mass is 16.1. The van der Waals surface area contributed by atoms with Gasteiger partial charge < -0.3 is 4.90 Å². The average Bonchev–Trinajstić information content (AvgIpc) is 3.03. The highest BCUT2D eigenvalue weighted by molar-refractivity contribution is 6.10. The van der Waals surface area contributed by atoms with Crippen molar-refractivity contribution in [1.29, 1.82) is 5.26 Å². The largest absolute Gasteiger partial charge is 0.368 e. The molecule has 2 aromatic rings. The topological polar surface area (TPSA) is 44.1 Å². The van der Waals surface area contributed by atoms with E-state index in [9.17, 15) is 4.79 Å². The Hall–Kier alpha value is -2.60. The zero-order valence-corrected chi connectivity index (χ0v) is 14.2. The summed E-state index contributed by atoms with van der Waals surface area (Å²) in [5.41, 5.74) is 4.75. The number of carbonyl (C=O) groups is 1. The Labute approximate surface area is 143 Å². The second-order valence-electron chi connectivity index (χ2n) is 6.55. The maximum absolute atomic E-state index is 12.7. The Bertz CT molecular complexity index is 786. The predicted molar refractivity (Wildman–Crippen MR) is 96.4 cm³/mol. The molecule has 1 aliphatic rings. The number of aryl methyl sites for hydroxylation is 2. The second-order valence-corrected chi connectivity index (χ2v) is 6.55. The van der Waals surface area contributed by atoms with E-state index in [0.29, 0.717) is 18.0 Å². The number of carbonyl (C=O) groups excluding carboxylic acids is 1. The van der Waals surface area contributed by atoms with Crippen molar-refractivity contribution in [2.45, 2.75) is 39.2 Å². The standard InChI is InChI=1S/C21H22N2O/c1-15-5-10-20(16(2)14-15)21(24)17-6-8-19(9-7-17)23-13-3-4-18(23)11-12-22/h5-10,14,18H,3-4,11,13H2,1-2H3/t18-/m0/s1. The van der Waals surface area contributed by atoms with Crippen molar-refractivity contribution < 1.29 is 4.79 Å². The van der Waals surface area contributed by atoms with E-state index in [0.717, 1.165) is 41.8 Å². The quantitative estimate of drug-likeness (QED) is 0.784. The van der Waals surface area contributed by atoms with Crippen LogP contribution in [0, 0.1) is 25.2 Å². The van der Waals surface area contributed by atoms with Crippen LogP contribution in [-0.2, 0) is 0 Å². The van der Waals surface area contributed by atoms with Gasteiger partial charge in [0, 0.05) is 29.4 Å². The molecule has 1 atom stereocenters. The van der Waals surface area contributed by atoms with Crippen LogP contribution in [0.4, 0.5) is 5.69 Å². The number of benzene rings is 2. The van der Waals surface area contributed by atoms with Gasteiger partial charge in [-0.2, -0.15) is 5.26 Å². The molecule has 0 saturated carbocycles. The van der Waals surface area contributed by atoms with E-state index in [1.807, 2.05) is 56.3 Å². The molecule has 3 nitrogen and oxygen atoms in total. The monoisotopic (exact) mass is 318 g/mol. The maximum atomic E-state index is 12.7. The van der Waals surface area contributed by atoms with Gasteiger partial charge in [0.05, 0.1) is 12.5 Å². The number of nitriles is 1. The third-order valence-corrected chi connectivity index (χ3v) is 4.79. The summed E-state index contributed by atoms with van der Waals surface area (Å²) >= 11 is 0. The van der Waals surface area contributed by atoms with Crippen molar-refractivity contribution in [2.24, 2.45) is 0 Å². The van der Waals surface area contributed by atoms with Gasteiger partial charge in [-0.15, -0.1) is 0 Å². The molecular weight excluding hydrogens is 296 g/mol. The molecule has 0 N–H and O–H groups in total. The molecule has 0 unspecified atom stereocenters. The molecule has 1 heterocycles. The first-order valence-electron chi connectivity index (χ1n) is 8.46. The SMILES string of the molecule is Cc1ccc(C(=O)c2ccc(N3CCC[C@H]3CC#N)cc2)c(C)c1. The lowest BCUT2D eigenvalue weighted by Gasteiger charge is -2.25. The number of anilines is 1. The van der Waals surface area contributed by atoms with E-state index in [1.165, 1.54) is 0 Å². The van der Waals surface area contributed by atoms with Gasteiger partial charge >= 0.3 is 0 Å². The molecule has 122 valence electrons. The minimum atomic E-state index is 0.0639. The third kappa shape index (κ3) is 3.19. The molecular formula is C21H22N2O.